The van der Waals surface area contributed by atoms with Crippen LogP contribution in [0.15, 0.2) is 116 Å². The third-order valence-electron chi connectivity index (χ3n) is 11.2. The summed E-state index contributed by atoms with van der Waals surface area (Å²) in [4.78, 5) is 9.77. The fraction of sp³-hybridized carbons (Fsp3) is 0.149. The van der Waals surface area contributed by atoms with Crippen LogP contribution in [-0.2, 0) is 31.9 Å². The normalized spacial score (nSPS) is 13.6. The van der Waals surface area contributed by atoms with Crippen LogP contribution >= 0.6 is 11.3 Å². The van der Waals surface area contributed by atoms with Crippen LogP contribution in [0.5, 0.6) is 11.5 Å². The summed E-state index contributed by atoms with van der Waals surface area (Å²) in [6.45, 7) is 11.5. The van der Waals surface area contributed by atoms with Crippen molar-refractivity contribution in [2.75, 3.05) is 0 Å². The Bertz CT molecular complexity index is 3160. The van der Waals surface area contributed by atoms with E-state index in [1.165, 1.54) is 47.8 Å². The Labute approximate surface area is 331 Å². The van der Waals surface area contributed by atoms with Crippen LogP contribution in [0.2, 0.25) is 0 Å². The van der Waals surface area contributed by atoms with Crippen LogP contribution in [0.25, 0.3) is 75.4 Å². The van der Waals surface area contributed by atoms with Crippen molar-refractivity contribution in [1.82, 2.24) is 19.1 Å². The number of aromatic nitrogens is 4. The monoisotopic (exact) mass is 897 g/mol. The maximum atomic E-state index is 6.71. The van der Waals surface area contributed by atoms with E-state index < -0.39 is 0 Å². The van der Waals surface area contributed by atoms with Crippen LogP contribution in [0.4, 0.5) is 0 Å². The Morgan fingerprint density at radius 2 is 1.41 bits per heavy atom. The minimum Gasteiger partial charge on any atom is -0.509 e. The molecule has 5 nitrogen and oxygen atoms in total. The van der Waals surface area contributed by atoms with Gasteiger partial charge in [-0.3, -0.25) is 0 Å². The van der Waals surface area contributed by atoms with Gasteiger partial charge in [-0.15, -0.1) is 46.6 Å². The smallest absolute Gasteiger partial charge is 0.509 e. The maximum Gasteiger partial charge on any atom is 2.00 e. The predicted octanol–water partition coefficient (Wildman–Crippen LogP) is 12.4. The summed E-state index contributed by atoms with van der Waals surface area (Å²) in [6, 6.07) is 44.0. The molecule has 1 aliphatic heterocycles. The molecule has 5 aromatic heterocycles. The largest absolute Gasteiger partial charge is 2.00 e. The molecule has 0 radical (unpaired) electrons. The van der Waals surface area contributed by atoms with Gasteiger partial charge in [-0.1, -0.05) is 82.2 Å². The van der Waals surface area contributed by atoms with Gasteiger partial charge >= 0.3 is 21.1 Å². The second-order valence-corrected chi connectivity index (χ2v) is 16.8. The third kappa shape index (κ3) is 4.60. The van der Waals surface area contributed by atoms with Crippen LogP contribution in [-0.4, -0.2) is 19.1 Å². The Kier molecular flexibility index (Phi) is 7.15. The van der Waals surface area contributed by atoms with Crippen LogP contribution in [0.3, 0.4) is 0 Å². The van der Waals surface area contributed by atoms with Crippen molar-refractivity contribution in [3.8, 4) is 23.0 Å². The van der Waals surface area contributed by atoms with Crippen molar-refractivity contribution < 1.29 is 25.8 Å². The van der Waals surface area contributed by atoms with Crippen molar-refractivity contribution in [2.45, 2.75) is 45.4 Å². The third-order valence-corrected chi connectivity index (χ3v) is 12.3. The van der Waals surface area contributed by atoms with Crippen molar-refractivity contribution in [3.05, 3.63) is 144 Å². The molecule has 0 saturated carbocycles. The minimum atomic E-state index is -0.264. The molecular weight excluding hydrogens is 864 g/mol. The minimum absolute atomic E-state index is 0. The van der Waals surface area contributed by atoms with Crippen LogP contribution < -0.4 is 4.74 Å². The van der Waals surface area contributed by atoms with Gasteiger partial charge in [0.15, 0.2) is 0 Å². The average molecular weight is 898 g/mol. The first-order valence-corrected chi connectivity index (χ1v) is 18.9. The van der Waals surface area contributed by atoms with Crippen LogP contribution in [0, 0.1) is 12.1 Å². The number of fused-ring (bicyclic) bond motifs is 12. The fourth-order valence-corrected chi connectivity index (χ4v) is 9.67. The molecule has 7 heteroatoms. The summed E-state index contributed by atoms with van der Waals surface area (Å²) in [6.07, 6.45) is 3.73. The zero-order chi connectivity index (χ0) is 35.8. The number of rotatable bonds is 3. The first-order chi connectivity index (χ1) is 25.7. The van der Waals surface area contributed by atoms with E-state index in [4.69, 9.17) is 14.7 Å². The summed E-state index contributed by atoms with van der Waals surface area (Å²) >= 11 is 1.82. The molecule has 0 amide bonds. The van der Waals surface area contributed by atoms with E-state index in [2.05, 4.69) is 129 Å². The number of pyridine rings is 2. The number of ether oxygens (including phenoxy) is 1. The first-order valence-electron chi connectivity index (χ1n) is 18.1. The fourth-order valence-electron chi connectivity index (χ4n) is 8.56. The van der Waals surface area contributed by atoms with E-state index in [0.717, 1.165) is 44.3 Å². The molecule has 0 N–H and O–H groups in total. The number of nitrogens with zero attached hydrogens (tertiary/aromatic N) is 4. The van der Waals surface area contributed by atoms with Gasteiger partial charge < -0.3 is 13.9 Å². The van der Waals surface area contributed by atoms with Gasteiger partial charge in [-0.2, -0.15) is 12.1 Å². The second-order valence-electron chi connectivity index (χ2n) is 15.7. The molecule has 0 bridgehead atoms. The van der Waals surface area contributed by atoms with Crippen molar-refractivity contribution >= 4 is 75.3 Å². The Morgan fingerprint density at radius 3 is 2.24 bits per heavy atom. The van der Waals surface area contributed by atoms with Crippen molar-refractivity contribution in [3.63, 3.8) is 0 Å². The van der Waals surface area contributed by atoms with Gasteiger partial charge in [0, 0.05) is 54.8 Å². The molecule has 0 spiro atoms. The number of hydrogen-bond donors (Lipinski definition) is 0. The Morgan fingerprint density at radius 1 is 0.648 bits per heavy atom. The van der Waals surface area contributed by atoms with E-state index in [1.807, 2.05) is 54.1 Å². The standard InChI is InChI=1S/C47H34N4OS.Pt/c1-46(2,3)27-23-34-32-12-10-22-49-45(32)51-38-26-29(16-19-35(38)47(4,5)36(24-27)43(34)51)52-28-15-17-30-31-18-20-40-42(33-11-6-7-13-39(33)53-40)44(31)50(37(30)25-28)41-14-8-9-21-48-41;/h6-24H,1-5H3;/q-2;+2. The van der Waals surface area contributed by atoms with E-state index in [1.54, 1.807) is 0 Å². The zero-order valence-electron chi connectivity index (χ0n) is 30.4. The van der Waals surface area contributed by atoms with Gasteiger partial charge in [-0.25, -0.2) is 9.97 Å². The summed E-state index contributed by atoms with van der Waals surface area (Å²) < 4.78 is 13.8. The van der Waals surface area contributed by atoms with Gasteiger partial charge in [0.05, 0.1) is 11.0 Å². The molecule has 0 saturated heterocycles. The molecule has 0 aliphatic carbocycles. The number of hydrogen-bond acceptors (Lipinski definition) is 4. The number of thiophene rings is 1. The molecule has 5 aromatic carbocycles. The van der Waals surface area contributed by atoms with Gasteiger partial charge in [-0.05, 0) is 69.8 Å². The predicted molar refractivity (Wildman–Crippen MR) is 219 cm³/mol. The summed E-state index contributed by atoms with van der Waals surface area (Å²) in [7, 11) is 0. The van der Waals surface area contributed by atoms with E-state index >= 15 is 0 Å². The molecule has 6 heterocycles. The average Bonchev–Trinajstić information content (AvgIpc) is 3.81. The maximum absolute atomic E-state index is 6.71. The van der Waals surface area contributed by atoms with Gasteiger partial charge in [0.2, 0.25) is 0 Å². The molecule has 54 heavy (non-hydrogen) atoms. The summed E-state index contributed by atoms with van der Waals surface area (Å²) in [5.41, 5.74) is 8.71. The SMILES string of the molecule is CC(C)(C)c1cc2c3c(c1)c1cccnc1n3-c1[c-]c(Oc3[c-]c4c(cc3)c3ccc5sc6ccccc6c5c3n4-c3ccccn3)ccc1C2(C)C.[Pt+2]. The summed E-state index contributed by atoms with van der Waals surface area (Å²) in [5, 5.41) is 7.12. The number of benzene rings is 5. The van der Waals surface area contributed by atoms with Crippen molar-refractivity contribution in [1.29, 1.82) is 0 Å². The van der Waals surface area contributed by atoms with Crippen LogP contribution in [0.1, 0.15) is 51.3 Å². The molecule has 10 aromatic rings. The van der Waals surface area contributed by atoms with E-state index in [9.17, 15) is 0 Å². The molecule has 11 rings (SSSR count). The second kappa shape index (κ2) is 11.6. The summed E-state index contributed by atoms with van der Waals surface area (Å²) in [5.74, 6) is 2.09. The zero-order valence-corrected chi connectivity index (χ0v) is 33.5. The Hall–Kier alpha value is -5.29. The molecule has 0 fully saturated rings. The molecule has 264 valence electrons. The molecular formula is C47H34N4OPtS. The Balaban J connectivity index is 0.00000361. The van der Waals surface area contributed by atoms with Gasteiger partial charge in [0.25, 0.3) is 0 Å². The first kappa shape index (κ1) is 33.3. The molecule has 0 unspecified atom stereocenters. The van der Waals surface area contributed by atoms with Crippen molar-refractivity contribution in [2.24, 2.45) is 0 Å². The van der Waals surface area contributed by atoms with Gasteiger partial charge in [0.1, 0.15) is 11.5 Å². The van der Waals surface area contributed by atoms with E-state index in [-0.39, 0.29) is 31.9 Å². The molecule has 0 atom stereocenters. The topological polar surface area (TPSA) is 44.9 Å². The van der Waals surface area contributed by atoms with E-state index in [0.29, 0.717) is 11.5 Å². The quantitative estimate of drug-likeness (QED) is 0.166. The molecule has 1 aliphatic rings.